The van der Waals surface area contributed by atoms with Gasteiger partial charge in [-0.2, -0.15) is 11.8 Å². The van der Waals surface area contributed by atoms with Gasteiger partial charge in [-0.15, -0.1) is 0 Å². The summed E-state index contributed by atoms with van der Waals surface area (Å²) in [6.07, 6.45) is 1.16. The van der Waals surface area contributed by atoms with Crippen LogP contribution in [0.15, 0.2) is 54.6 Å². The summed E-state index contributed by atoms with van der Waals surface area (Å²) >= 11 is 2.05. The molecule has 0 aromatic heterocycles. The topological polar surface area (TPSA) is 12.0 Å². The Morgan fingerprint density at radius 3 is 2.29 bits per heavy atom. The highest BCUT2D eigenvalue weighted by Crippen LogP contribution is 2.31. The highest BCUT2D eigenvalue weighted by molar-refractivity contribution is 7.99. The normalized spacial score (nSPS) is 13.9. The van der Waals surface area contributed by atoms with E-state index in [-0.39, 0.29) is 0 Å². The Kier molecular flexibility index (Phi) is 6.34. The fourth-order valence-corrected chi connectivity index (χ4v) is 4.09. The lowest BCUT2D eigenvalue weighted by atomic mass is 10.0. The molecule has 0 aliphatic carbocycles. The van der Waals surface area contributed by atoms with Crippen LogP contribution in [-0.4, -0.2) is 12.3 Å². The van der Waals surface area contributed by atoms with Crippen LogP contribution in [-0.2, 0) is 5.75 Å². The van der Waals surface area contributed by atoms with Crippen molar-refractivity contribution in [3.8, 4) is 0 Å². The molecule has 0 fully saturated rings. The monoisotopic (exact) mass is 299 g/mol. The van der Waals surface area contributed by atoms with Crippen molar-refractivity contribution in [2.45, 2.75) is 37.3 Å². The molecular weight excluding hydrogens is 274 g/mol. The van der Waals surface area contributed by atoms with E-state index in [1.165, 1.54) is 16.7 Å². The van der Waals surface area contributed by atoms with Crippen LogP contribution in [0.3, 0.4) is 0 Å². The molecule has 112 valence electrons. The van der Waals surface area contributed by atoms with Crippen LogP contribution in [0.2, 0.25) is 0 Å². The lowest BCUT2D eigenvalue weighted by Gasteiger charge is -2.26. The van der Waals surface area contributed by atoms with E-state index in [4.69, 9.17) is 0 Å². The summed E-state index contributed by atoms with van der Waals surface area (Å²) in [5.74, 6) is 1.08. The molecule has 0 spiro atoms. The van der Waals surface area contributed by atoms with Gasteiger partial charge in [-0.25, -0.2) is 0 Å². The molecule has 0 aliphatic rings. The quantitative estimate of drug-likeness (QED) is 0.775. The largest absolute Gasteiger partial charge is 0.312 e. The average Bonchev–Trinajstić information content (AvgIpc) is 2.53. The minimum absolute atomic E-state index is 0.408. The van der Waals surface area contributed by atoms with Gasteiger partial charge in [0.2, 0.25) is 0 Å². The first-order chi connectivity index (χ1) is 10.3. The second kappa shape index (κ2) is 8.26. The summed E-state index contributed by atoms with van der Waals surface area (Å²) in [6.45, 7) is 4.48. The summed E-state index contributed by atoms with van der Waals surface area (Å²) in [6, 6.07) is 19.9. The molecule has 0 bridgehead atoms. The third kappa shape index (κ3) is 4.36. The Balaban J connectivity index is 2.06. The molecule has 21 heavy (non-hydrogen) atoms. The van der Waals surface area contributed by atoms with E-state index in [1.807, 2.05) is 0 Å². The summed E-state index contributed by atoms with van der Waals surface area (Å²) in [4.78, 5) is 0. The maximum atomic E-state index is 3.50. The maximum Gasteiger partial charge on any atom is 0.0438 e. The SMILES string of the molecule is CCC(SCc1ccccc1C)C(NC)c1ccccc1. The van der Waals surface area contributed by atoms with E-state index in [9.17, 15) is 0 Å². The highest BCUT2D eigenvalue weighted by atomic mass is 32.2. The van der Waals surface area contributed by atoms with Gasteiger partial charge in [0.1, 0.15) is 0 Å². The van der Waals surface area contributed by atoms with Crippen LogP contribution in [0.5, 0.6) is 0 Å². The summed E-state index contributed by atoms with van der Waals surface area (Å²) in [7, 11) is 2.06. The Labute approximate surface area is 133 Å². The Hall–Kier alpha value is -1.25. The fourth-order valence-electron chi connectivity index (χ4n) is 2.65. The summed E-state index contributed by atoms with van der Waals surface area (Å²) < 4.78 is 0. The van der Waals surface area contributed by atoms with Crippen LogP contribution in [0, 0.1) is 6.92 Å². The van der Waals surface area contributed by atoms with E-state index >= 15 is 0 Å². The predicted molar refractivity (Wildman–Crippen MR) is 94.8 cm³/mol. The van der Waals surface area contributed by atoms with Crippen molar-refractivity contribution in [2.75, 3.05) is 7.05 Å². The Bertz CT molecular complexity index is 538. The molecule has 2 aromatic carbocycles. The lowest BCUT2D eigenvalue weighted by molar-refractivity contribution is 0.555. The summed E-state index contributed by atoms with van der Waals surface area (Å²) in [5, 5.41) is 4.08. The zero-order valence-electron chi connectivity index (χ0n) is 13.2. The van der Waals surface area contributed by atoms with E-state index in [2.05, 4.69) is 92.6 Å². The predicted octanol–water partition coefficient (Wildman–Crippen LogP) is 4.97. The van der Waals surface area contributed by atoms with E-state index in [0.29, 0.717) is 11.3 Å². The molecule has 0 saturated carbocycles. The van der Waals surface area contributed by atoms with Crippen molar-refractivity contribution in [3.05, 3.63) is 71.3 Å². The molecule has 0 aliphatic heterocycles. The van der Waals surface area contributed by atoms with Gasteiger partial charge in [0.15, 0.2) is 0 Å². The van der Waals surface area contributed by atoms with Crippen molar-refractivity contribution < 1.29 is 0 Å². The third-order valence-corrected chi connectivity index (χ3v) is 5.47. The zero-order valence-corrected chi connectivity index (χ0v) is 14.0. The summed E-state index contributed by atoms with van der Waals surface area (Å²) in [5.41, 5.74) is 4.22. The first-order valence-corrected chi connectivity index (χ1v) is 8.69. The van der Waals surface area contributed by atoms with E-state index < -0.39 is 0 Å². The molecule has 0 saturated heterocycles. The standard InChI is InChI=1S/C19H25NS/c1-4-18(19(20-3)16-11-6-5-7-12-16)21-14-17-13-9-8-10-15(17)2/h5-13,18-20H,4,14H2,1-3H3. The zero-order chi connectivity index (χ0) is 15.1. The molecule has 1 N–H and O–H groups in total. The molecule has 2 rings (SSSR count). The molecular formula is C19H25NS. The van der Waals surface area contributed by atoms with Crippen LogP contribution in [0.4, 0.5) is 0 Å². The first kappa shape index (κ1) is 16.1. The number of nitrogens with one attached hydrogen (secondary N) is 1. The van der Waals surface area contributed by atoms with Crippen LogP contribution in [0.1, 0.15) is 36.1 Å². The van der Waals surface area contributed by atoms with Gasteiger partial charge in [-0.3, -0.25) is 0 Å². The molecule has 0 heterocycles. The molecule has 0 radical (unpaired) electrons. The number of rotatable bonds is 7. The number of hydrogen-bond donors (Lipinski definition) is 1. The van der Waals surface area contributed by atoms with Crippen molar-refractivity contribution in [2.24, 2.45) is 0 Å². The number of hydrogen-bond acceptors (Lipinski definition) is 2. The van der Waals surface area contributed by atoms with Gasteiger partial charge < -0.3 is 5.32 Å². The van der Waals surface area contributed by atoms with Crippen molar-refractivity contribution in [1.82, 2.24) is 5.32 Å². The van der Waals surface area contributed by atoms with Crippen LogP contribution in [0.25, 0.3) is 0 Å². The maximum absolute atomic E-state index is 3.50. The molecule has 2 unspecified atom stereocenters. The van der Waals surface area contributed by atoms with Gasteiger partial charge in [0.25, 0.3) is 0 Å². The van der Waals surface area contributed by atoms with Crippen LogP contribution >= 0.6 is 11.8 Å². The Morgan fingerprint density at radius 2 is 1.67 bits per heavy atom. The molecule has 2 heteroatoms. The van der Waals surface area contributed by atoms with Gasteiger partial charge in [-0.05, 0) is 37.1 Å². The van der Waals surface area contributed by atoms with Crippen molar-refractivity contribution in [1.29, 1.82) is 0 Å². The number of benzene rings is 2. The average molecular weight is 299 g/mol. The third-order valence-electron chi connectivity index (χ3n) is 3.96. The number of aryl methyl sites for hydroxylation is 1. The van der Waals surface area contributed by atoms with Gasteiger partial charge >= 0.3 is 0 Å². The minimum Gasteiger partial charge on any atom is -0.312 e. The molecule has 2 atom stereocenters. The van der Waals surface area contributed by atoms with Crippen LogP contribution < -0.4 is 5.32 Å². The van der Waals surface area contributed by atoms with Gasteiger partial charge in [0, 0.05) is 17.0 Å². The molecule has 1 nitrogen and oxygen atoms in total. The second-order valence-electron chi connectivity index (χ2n) is 5.36. The minimum atomic E-state index is 0.408. The highest BCUT2D eigenvalue weighted by Gasteiger charge is 2.20. The van der Waals surface area contributed by atoms with E-state index in [0.717, 1.165) is 12.2 Å². The van der Waals surface area contributed by atoms with Crippen molar-refractivity contribution >= 4 is 11.8 Å². The first-order valence-electron chi connectivity index (χ1n) is 7.64. The smallest absolute Gasteiger partial charge is 0.0438 e. The second-order valence-corrected chi connectivity index (χ2v) is 6.59. The fraction of sp³-hybridized carbons (Fsp3) is 0.368. The molecule has 0 amide bonds. The van der Waals surface area contributed by atoms with E-state index in [1.54, 1.807) is 0 Å². The van der Waals surface area contributed by atoms with Crippen molar-refractivity contribution in [3.63, 3.8) is 0 Å². The lowest BCUT2D eigenvalue weighted by Crippen LogP contribution is -2.27. The Morgan fingerprint density at radius 1 is 1.00 bits per heavy atom. The molecule has 2 aromatic rings. The number of thioether (sulfide) groups is 1. The van der Waals surface area contributed by atoms with Gasteiger partial charge in [0.05, 0.1) is 0 Å². The van der Waals surface area contributed by atoms with Gasteiger partial charge in [-0.1, -0.05) is 61.5 Å².